The van der Waals surface area contributed by atoms with Gasteiger partial charge in [0.15, 0.2) is 5.78 Å². The van der Waals surface area contributed by atoms with E-state index in [0.717, 1.165) is 30.4 Å². The van der Waals surface area contributed by atoms with Crippen LogP contribution < -0.4 is 0 Å². The highest BCUT2D eigenvalue weighted by atomic mass is 16.4. The van der Waals surface area contributed by atoms with Crippen molar-refractivity contribution < 1.29 is 19.1 Å². The number of rotatable bonds is 7. The molecule has 4 aliphatic rings. The van der Waals surface area contributed by atoms with Crippen LogP contribution in [0.3, 0.4) is 0 Å². The molecule has 6 rings (SSSR count). The van der Waals surface area contributed by atoms with E-state index < -0.39 is 16.8 Å². The van der Waals surface area contributed by atoms with E-state index in [9.17, 15) is 14.7 Å². The topological polar surface area (TPSA) is 80.4 Å². The van der Waals surface area contributed by atoms with E-state index in [2.05, 4.69) is 4.98 Å². The van der Waals surface area contributed by atoms with Gasteiger partial charge >= 0.3 is 5.97 Å². The Morgan fingerprint density at radius 1 is 1.00 bits per heavy atom. The van der Waals surface area contributed by atoms with Crippen LogP contribution in [0.4, 0.5) is 0 Å². The minimum Gasteiger partial charge on any atom is -0.480 e. The maximum Gasteiger partial charge on any atom is 0.317 e. The maximum atomic E-state index is 14.3. The number of pyridine rings is 1. The summed E-state index contributed by atoms with van der Waals surface area (Å²) < 4.78 is 5.21. The number of nitrogens with zero attached hydrogens (tertiary/aromatic N) is 1. The molecule has 152 valence electrons. The van der Waals surface area contributed by atoms with Gasteiger partial charge in [0.1, 0.15) is 5.41 Å². The molecule has 4 bridgehead atoms. The van der Waals surface area contributed by atoms with Crippen LogP contribution >= 0.6 is 0 Å². The Bertz CT molecular complexity index is 869. The first-order valence-electron chi connectivity index (χ1n) is 10.7. The Morgan fingerprint density at radius 3 is 2.10 bits per heavy atom. The normalized spacial score (nSPS) is 32.1. The predicted octanol–water partition coefficient (Wildman–Crippen LogP) is 4.32. The lowest BCUT2D eigenvalue weighted by Crippen LogP contribution is -2.57. The molecule has 4 fully saturated rings. The fraction of sp³-hybridized carbons (Fsp3) is 0.542. The molecule has 4 aliphatic carbocycles. The summed E-state index contributed by atoms with van der Waals surface area (Å²) in [6, 6.07) is 5.41. The lowest BCUT2D eigenvalue weighted by molar-refractivity contribution is -0.167. The van der Waals surface area contributed by atoms with Crippen LogP contribution in [0.5, 0.6) is 0 Å². The Labute approximate surface area is 170 Å². The number of carbonyl (C=O) groups is 2. The molecule has 5 nitrogen and oxygen atoms in total. The second-order valence-corrected chi connectivity index (χ2v) is 9.75. The van der Waals surface area contributed by atoms with Crippen molar-refractivity contribution in [3.05, 3.63) is 54.2 Å². The van der Waals surface area contributed by atoms with E-state index in [0.29, 0.717) is 17.8 Å². The van der Waals surface area contributed by atoms with Crippen molar-refractivity contribution in [2.24, 2.45) is 28.6 Å². The molecule has 0 aromatic carbocycles. The summed E-state index contributed by atoms with van der Waals surface area (Å²) in [6.07, 6.45) is 13.1. The van der Waals surface area contributed by atoms with E-state index in [1.807, 2.05) is 12.1 Å². The molecule has 29 heavy (non-hydrogen) atoms. The second kappa shape index (κ2) is 6.82. The van der Waals surface area contributed by atoms with Crippen molar-refractivity contribution in [1.29, 1.82) is 0 Å². The van der Waals surface area contributed by atoms with Crippen molar-refractivity contribution in [2.45, 2.75) is 51.4 Å². The van der Waals surface area contributed by atoms with Gasteiger partial charge in [-0.05, 0) is 98.4 Å². The van der Waals surface area contributed by atoms with Crippen LogP contribution in [0, 0.1) is 28.6 Å². The molecule has 0 saturated heterocycles. The molecule has 2 aromatic heterocycles. The summed E-state index contributed by atoms with van der Waals surface area (Å²) in [6.45, 7) is 0. The number of hydrogen-bond donors (Lipinski definition) is 1. The van der Waals surface area contributed by atoms with Gasteiger partial charge in [-0.3, -0.25) is 14.6 Å². The highest BCUT2D eigenvalue weighted by Crippen LogP contribution is 2.62. The highest BCUT2D eigenvalue weighted by Gasteiger charge is 2.61. The summed E-state index contributed by atoms with van der Waals surface area (Å²) in [7, 11) is 0. The summed E-state index contributed by atoms with van der Waals surface area (Å²) in [5.41, 5.74) is -0.343. The second-order valence-electron chi connectivity index (χ2n) is 9.75. The Morgan fingerprint density at radius 2 is 1.59 bits per heavy atom. The van der Waals surface area contributed by atoms with E-state index in [1.54, 1.807) is 31.0 Å². The minimum absolute atomic E-state index is 0.0467. The fourth-order valence-corrected chi connectivity index (χ4v) is 6.96. The smallest absolute Gasteiger partial charge is 0.317 e. The zero-order chi connectivity index (χ0) is 20.1. The number of aromatic nitrogens is 1. The van der Waals surface area contributed by atoms with Gasteiger partial charge in [-0.15, -0.1) is 0 Å². The lowest BCUT2D eigenvalue weighted by Gasteiger charge is -2.57. The molecular formula is C24H27NO4. The standard InChI is InChI=1S/C24H27NO4/c26-21(23-10-18-7-19(11-23)9-20(8-18)12-23)24(22(27)28,14-17-3-6-29-15-17)13-16-1-4-25-5-2-16/h1-6,15,18-20H,7-14H2,(H,27,28). The molecule has 1 atom stereocenters. The van der Waals surface area contributed by atoms with Gasteiger partial charge in [0.2, 0.25) is 0 Å². The molecule has 2 aromatic rings. The zero-order valence-corrected chi connectivity index (χ0v) is 16.5. The fourth-order valence-electron chi connectivity index (χ4n) is 6.96. The minimum atomic E-state index is -1.48. The van der Waals surface area contributed by atoms with Crippen LogP contribution in [0.2, 0.25) is 0 Å². The summed E-state index contributed by atoms with van der Waals surface area (Å²) in [5, 5.41) is 10.5. The summed E-state index contributed by atoms with van der Waals surface area (Å²) >= 11 is 0. The number of carboxylic acid groups (broad SMARTS) is 1. The van der Waals surface area contributed by atoms with Gasteiger partial charge in [-0.25, -0.2) is 0 Å². The van der Waals surface area contributed by atoms with E-state index in [-0.39, 0.29) is 18.6 Å². The Kier molecular flexibility index (Phi) is 4.37. The van der Waals surface area contributed by atoms with Crippen molar-refractivity contribution >= 4 is 11.8 Å². The number of aliphatic carboxylic acids is 1. The summed E-state index contributed by atoms with van der Waals surface area (Å²) in [4.78, 5) is 31.1. The number of Topliss-reactive ketones (excluding diaryl/α,β-unsaturated/α-hetero) is 1. The molecule has 0 amide bonds. The van der Waals surface area contributed by atoms with Gasteiger partial charge in [0.25, 0.3) is 0 Å². The SMILES string of the molecule is O=C(O)C(Cc1ccncc1)(Cc1ccoc1)C(=O)C12CC3CC(CC(C3)C1)C2. The van der Waals surface area contributed by atoms with E-state index in [1.165, 1.54) is 19.3 Å². The Hall–Kier alpha value is -2.43. The lowest BCUT2D eigenvalue weighted by atomic mass is 9.46. The monoisotopic (exact) mass is 393 g/mol. The molecule has 1 N–H and O–H groups in total. The molecule has 0 aliphatic heterocycles. The first-order valence-corrected chi connectivity index (χ1v) is 10.7. The maximum absolute atomic E-state index is 14.3. The van der Waals surface area contributed by atoms with Crippen LogP contribution in [0.25, 0.3) is 0 Å². The van der Waals surface area contributed by atoms with Gasteiger partial charge in [0.05, 0.1) is 12.5 Å². The molecule has 5 heteroatoms. The highest BCUT2D eigenvalue weighted by molar-refractivity contribution is 6.06. The average molecular weight is 393 g/mol. The first kappa shape index (κ1) is 18.6. The van der Waals surface area contributed by atoms with E-state index >= 15 is 0 Å². The van der Waals surface area contributed by atoms with Gasteiger partial charge in [-0.1, -0.05) is 0 Å². The third-order valence-electron chi connectivity index (χ3n) is 7.71. The third-order valence-corrected chi connectivity index (χ3v) is 7.71. The van der Waals surface area contributed by atoms with Crippen molar-refractivity contribution in [3.63, 3.8) is 0 Å². The summed E-state index contributed by atoms with van der Waals surface area (Å²) in [5.74, 6) is 0.704. The number of carbonyl (C=O) groups excluding carboxylic acids is 1. The molecule has 4 saturated carbocycles. The Balaban J connectivity index is 1.57. The number of hydrogen-bond acceptors (Lipinski definition) is 4. The number of carboxylic acids is 1. The number of furan rings is 1. The third kappa shape index (κ3) is 3.11. The van der Waals surface area contributed by atoms with Crippen LogP contribution in [-0.4, -0.2) is 21.8 Å². The molecule has 1 unspecified atom stereocenters. The van der Waals surface area contributed by atoms with Crippen molar-refractivity contribution in [2.75, 3.05) is 0 Å². The van der Waals surface area contributed by atoms with Crippen LogP contribution in [0.1, 0.15) is 49.7 Å². The molecule has 2 heterocycles. The van der Waals surface area contributed by atoms with Gasteiger partial charge in [0, 0.05) is 17.8 Å². The largest absolute Gasteiger partial charge is 0.480 e. The quantitative estimate of drug-likeness (QED) is 0.709. The first-order chi connectivity index (χ1) is 14.0. The van der Waals surface area contributed by atoms with Gasteiger partial charge < -0.3 is 9.52 Å². The molecule has 0 spiro atoms. The van der Waals surface area contributed by atoms with Crippen LogP contribution in [-0.2, 0) is 22.4 Å². The number of ketones is 1. The van der Waals surface area contributed by atoms with Crippen molar-refractivity contribution in [3.8, 4) is 0 Å². The van der Waals surface area contributed by atoms with E-state index in [4.69, 9.17) is 4.42 Å². The predicted molar refractivity (Wildman–Crippen MR) is 106 cm³/mol. The average Bonchev–Trinajstić information content (AvgIpc) is 3.19. The van der Waals surface area contributed by atoms with Crippen molar-refractivity contribution in [1.82, 2.24) is 4.98 Å². The van der Waals surface area contributed by atoms with Crippen LogP contribution in [0.15, 0.2) is 47.5 Å². The molecule has 0 radical (unpaired) electrons. The van der Waals surface area contributed by atoms with Gasteiger partial charge in [-0.2, -0.15) is 0 Å². The molecular weight excluding hydrogens is 366 g/mol. The zero-order valence-electron chi connectivity index (χ0n) is 16.5.